The Morgan fingerprint density at radius 3 is 3.00 bits per heavy atom. The van der Waals surface area contributed by atoms with Crippen LogP contribution in [0.15, 0.2) is 23.3 Å². The second kappa shape index (κ2) is 5.18. The number of guanidine groups is 1. The van der Waals surface area contributed by atoms with Crippen molar-refractivity contribution in [2.75, 3.05) is 13.1 Å². The molecule has 0 spiro atoms. The van der Waals surface area contributed by atoms with Crippen LogP contribution in [0.25, 0.3) is 0 Å². The van der Waals surface area contributed by atoms with Gasteiger partial charge in [0.2, 0.25) is 0 Å². The Balaban J connectivity index is 2.13. The zero-order valence-corrected chi connectivity index (χ0v) is 10.5. The average Bonchev–Trinajstić information content (AvgIpc) is 2.76. The maximum atomic E-state index is 10.5. The zero-order chi connectivity index (χ0) is 13.1. The monoisotopic (exact) mass is 269 g/mol. The molecule has 1 aromatic heterocycles. The fraction of sp³-hybridized carbons (Fsp3) is 0.400. The summed E-state index contributed by atoms with van der Waals surface area (Å²) in [7, 11) is 0. The van der Waals surface area contributed by atoms with Gasteiger partial charge in [0, 0.05) is 12.7 Å². The lowest BCUT2D eigenvalue weighted by Crippen LogP contribution is -2.42. The molecule has 1 N–H and O–H groups in total. The first-order valence-corrected chi connectivity index (χ1v) is 5.79. The van der Waals surface area contributed by atoms with Gasteiger partial charge in [0.1, 0.15) is 5.15 Å². The van der Waals surface area contributed by atoms with Gasteiger partial charge in [-0.15, -0.1) is 0 Å². The number of hydrogen-bond donors (Lipinski definition) is 1. The largest absolute Gasteiger partial charge is 0.330 e. The molecule has 2 rings (SSSR count). The third kappa shape index (κ3) is 2.67. The van der Waals surface area contributed by atoms with E-state index in [0.717, 1.165) is 5.56 Å². The van der Waals surface area contributed by atoms with Crippen molar-refractivity contribution in [3.63, 3.8) is 0 Å². The highest BCUT2D eigenvalue weighted by Gasteiger charge is 2.26. The number of nitrogens with zero attached hydrogens (tertiary/aromatic N) is 4. The van der Waals surface area contributed by atoms with Gasteiger partial charge in [0.25, 0.3) is 5.96 Å². The molecule has 0 amide bonds. The van der Waals surface area contributed by atoms with E-state index in [0.29, 0.717) is 18.2 Å². The molecule has 1 unspecified atom stereocenters. The normalized spacial score (nSPS) is 16.3. The van der Waals surface area contributed by atoms with Gasteiger partial charge in [-0.1, -0.05) is 23.1 Å². The maximum Gasteiger partial charge on any atom is 0.257 e. The first-order valence-electron chi connectivity index (χ1n) is 5.41. The molecule has 1 atom stereocenters. The van der Waals surface area contributed by atoms with E-state index >= 15 is 0 Å². The molecule has 1 aliphatic rings. The van der Waals surface area contributed by atoms with Crippen molar-refractivity contribution in [3.8, 4) is 0 Å². The van der Waals surface area contributed by atoms with Crippen molar-refractivity contribution in [3.05, 3.63) is 39.2 Å². The molecule has 0 aliphatic carbocycles. The topological polar surface area (TPSA) is 83.7 Å². The lowest BCUT2D eigenvalue weighted by Gasteiger charge is -2.25. The van der Waals surface area contributed by atoms with Gasteiger partial charge in [0.15, 0.2) is 5.03 Å². The van der Waals surface area contributed by atoms with Crippen molar-refractivity contribution in [1.29, 1.82) is 0 Å². The van der Waals surface area contributed by atoms with Gasteiger partial charge in [-0.3, -0.25) is 0 Å². The summed E-state index contributed by atoms with van der Waals surface area (Å²) in [5.41, 5.74) is 3.04. The molecule has 0 saturated heterocycles. The Hall–Kier alpha value is -1.89. The van der Waals surface area contributed by atoms with Crippen LogP contribution in [0, 0.1) is 10.1 Å². The molecular formula is C10H12ClN5O2. The summed E-state index contributed by atoms with van der Waals surface area (Å²) in [6.45, 7) is 3.12. The van der Waals surface area contributed by atoms with E-state index in [2.05, 4.69) is 15.4 Å². The number of nitro groups is 1. The molecule has 18 heavy (non-hydrogen) atoms. The highest BCUT2D eigenvalue weighted by molar-refractivity contribution is 6.29. The van der Waals surface area contributed by atoms with Crippen LogP contribution in [-0.4, -0.2) is 34.0 Å². The first-order chi connectivity index (χ1) is 8.58. The lowest BCUT2D eigenvalue weighted by molar-refractivity contribution is -0.526. The minimum Gasteiger partial charge on any atom is -0.330 e. The summed E-state index contributed by atoms with van der Waals surface area (Å²) in [4.78, 5) is 20.4. The second-order valence-electron chi connectivity index (χ2n) is 3.86. The first kappa shape index (κ1) is 12.6. The number of rotatable bonds is 3. The minimum absolute atomic E-state index is 0.0523. The van der Waals surface area contributed by atoms with E-state index in [4.69, 9.17) is 11.6 Å². The predicted molar refractivity (Wildman–Crippen MR) is 66.8 cm³/mol. The van der Waals surface area contributed by atoms with Crippen molar-refractivity contribution in [2.24, 2.45) is 4.99 Å². The van der Waals surface area contributed by atoms with Crippen molar-refractivity contribution < 1.29 is 5.03 Å². The summed E-state index contributed by atoms with van der Waals surface area (Å²) < 4.78 is 0. The van der Waals surface area contributed by atoms with E-state index in [1.165, 1.54) is 0 Å². The number of hydrogen-bond acceptors (Lipinski definition) is 5. The van der Waals surface area contributed by atoms with E-state index in [9.17, 15) is 10.1 Å². The third-order valence-corrected chi connectivity index (χ3v) is 2.99. The van der Waals surface area contributed by atoms with Gasteiger partial charge in [-0.05, 0) is 18.6 Å². The summed E-state index contributed by atoms with van der Waals surface area (Å²) >= 11 is 5.72. The van der Waals surface area contributed by atoms with Crippen LogP contribution < -0.4 is 5.43 Å². The van der Waals surface area contributed by atoms with E-state index in [-0.39, 0.29) is 12.0 Å². The Bertz CT molecular complexity index is 476. The van der Waals surface area contributed by atoms with E-state index in [1.54, 1.807) is 12.3 Å². The Morgan fingerprint density at radius 2 is 2.39 bits per heavy atom. The molecule has 8 heteroatoms. The van der Waals surface area contributed by atoms with Crippen molar-refractivity contribution in [1.82, 2.24) is 15.3 Å². The molecule has 0 fully saturated rings. The van der Waals surface area contributed by atoms with Gasteiger partial charge < -0.3 is 4.90 Å². The number of nitrogens with one attached hydrogen (secondary N) is 1. The van der Waals surface area contributed by atoms with Crippen molar-refractivity contribution >= 4 is 17.6 Å². The summed E-state index contributed by atoms with van der Waals surface area (Å²) in [5, 5.41) is 10.3. The minimum atomic E-state index is -0.607. The standard InChI is InChI=1S/C10H12ClN5O2/c1-7(8-2-3-9(11)13-6-8)15-5-4-12-10(15)14-16(17)18/h2-3,6-7H,4-5H2,1H3,(H,12,14). The Kier molecular flexibility index (Phi) is 3.61. The van der Waals surface area contributed by atoms with Crippen LogP contribution in [-0.2, 0) is 0 Å². The summed E-state index contributed by atoms with van der Waals surface area (Å²) in [6, 6.07) is 3.49. The Morgan fingerprint density at radius 1 is 1.61 bits per heavy atom. The predicted octanol–water partition coefficient (Wildman–Crippen LogP) is 1.25. The number of aromatic nitrogens is 1. The Labute approximate surface area is 109 Å². The molecule has 0 radical (unpaired) electrons. The SMILES string of the molecule is CC(c1ccc(Cl)nc1)N1CCN=C1N[N+](=O)[O-]. The van der Waals surface area contributed by atoms with Crippen molar-refractivity contribution in [2.45, 2.75) is 13.0 Å². The summed E-state index contributed by atoms with van der Waals surface area (Å²) in [5.74, 6) is 0.280. The number of aliphatic imine (C=N–C) groups is 1. The molecular weight excluding hydrogens is 258 g/mol. The lowest BCUT2D eigenvalue weighted by atomic mass is 10.1. The number of halogens is 1. The van der Waals surface area contributed by atoms with Gasteiger partial charge in [0.05, 0.1) is 12.6 Å². The zero-order valence-electron chi connectivity index (χ0n) is 9.71. The maximum absolute atomic E-state index is 10.5. The van der Waals surface area contributed by atoms with Gasteiger partial charge in [-0.25, -0.2) is 20.1 Å². The van der Waals surface area contributed by atoms with Crippen LogP contribution in [0.1, 0.15) is 18.5 Å². The molecule has 7 nitrogen and oxygen atoms in total. The second-order valence-corrected chi connectivity index (χ2v) is 4.25. The fourth-order valence-electron chi connectivity index (χ4n) is 1.83. The van der Waals surface area contributed by atoms with Crippen LogP contribution in [0.2, 0.25) is 5.15 Å². The quantitative estimate of drug-likeness (QED) is 0.507. The van der Waals surface area contributed by atoms with Crippen LogP contribution in [0.3, 0.4) is 0 Å². The van der Waals surface area contributed by atoms with Gasteiger partial charge in [-0.2, -0.15) is 0 Å². The molecule has 1 aliphatic heterocycles. The van der Waals surface area contributed by atoms with Crippen LogP contribution >= 0.6 is 11.6 Å². The summed E-state index contributed by atoms with van der Waals surface area (Å²) in [6.07, 6.45) is 1.66. The third-order valence-electron chi connectivity index (χ3n) is 2.77. The smallest absolute Gasteiger partial charge is 0.257 e. The van der Waals surface area contributed by atoms with Crippen LogP contribution in [0.4, 0.5) is 0 Å². The molecule has 2 heterocycles. The molecule has 0 saturated carbocycles. The number of pyridine rings is 1. The fourth-order valence-corrected chi connectivity index (χ4v) is 1.94. The highest BCUT2D eigenvalue weighted by atomic mass is 35.5. The van der Waals surface area contributed by atoms with Crippen LogP contribution in [0.5, 0.6) is 0 Å². The molecule has 0 aromatic carbocycles. The molecule has 96 valence electrons. The highest BCUT2D eigenvalue weighted by Crippen LogP contribution is 2.22. The van der Waals surface area contributed by atoms with Gasteiger partial charge >= 0.3 is 0 Å². The molecule has 0 bridgehead atoms. The average molecular weight is 270 g/mol. The molecule has 1 aromatic rings. The number of hydrazine groups is 1. The van der Waals surface area contributed by atoms with E-state index < -0.39 is 5.03 Å². The van der Waals surface area contributed by atoms with E-state index in [1.807, 2.05) is 17.9 Å².